The lowest BCUT2D eigenvalue weighted by Crippen LogP contribution is -2.32. The fourth-order valence-electron chi connectivity index (χ4n) is 2.18. The number of hydrogen-bond donors (Lipinski definition) is 1. The predicted molar refractivity (Wildman–Crippen MR) is 72.5 cm³/mol. The van der Waals surface area contributed by atoms with Gasteiger partial charge < -0.3 is 14.8 Å². The summed E-state index contributed by atoms with van der Waals surface area (Å²) in [7, 11) is 0. The molecule has 0 saturated heterocycles. The van der Waals surface area contributed by atoms with E-state index in [0.717, 1.165) is 33.0 Å². The van der Waals surface area contributed by atoms with Gasteiger partial charge in [0.05, 0.1) is 25.9 Å². The number of benzene rings is 1. The molecule has 0 aromatic heterocycles. The van der Waals surface area contributed by atoms with Crippen LogP contribution in [0.1, 0.15) is 31.0 Å². The molecule has 1 heterocycles. The van der Waals surface area contributed by atoms with E-state index in [1.807, 2.05) is 0 Å². The molecule has 1 aliphatic rings. The topological polar surface area (TPSA) is 30.5 Å². The van der Waals surface area contributed by atoms with Gasteiger partial charge >= 0.3 is 0 Å². The van der Waals surface area contributed by atoms with Crippen LogP contribution in [0, 0.1) is 5.92 Å². The summed E-state index contributed by atoms with van der Waals surface area (Å²) in [6, 6.07) is 8.78. The molecular weight excluding hydrogens is 226 g/mol. The van der Waals surface area contributed by atoms with Crippen molar-refractivity contribution in [3.8, 4) is 0 Å². The van der Waals surface area contributed by atoms with E-state index in [2.05, 4.69) is 43.4 Å². The number of ether oxygens (including phenoxy) is 2. The highest BCUT2D eigenvalue weighted by Crippen LogP contribution is 2.23. The number of rotatable bonds is 6. The van der Waals surface area contributed by atoms with Crippen molar-refractivity contribution in [2.75, 3.05) is 26.4 Å². The number of nitrogens with one attached hydrogen (secondary N) is 1. The summed E-state index contributed by atoms with van der Waals surface area (Å²) in [5.41, 5.74) is 2.66. The van der Waals surface area contributed by atoms with Gasteiger partial charge in [-0.25, -0.2) is 0 Å². The molecule has 2 rings (SSSR count). The average molecular weight is 249 g/mol. The third-order valence-corrected chi connectivity index (χ3v) is 3.06. The van der Waals surface area contributed by atoms with Crippen molar-refractivity contribution in [1.29, 1.82) is 0 Å². The van der Waals surface area contributed by atoms with Gasteiger partial charge in [-0.2, -0.15) is 0 Å². The Balaban J connectivity index is 1.77. The molecule has 0 fully saturated rings. The van der Waals surface area contributed by atoms with E-state index in [4.69, 9.17) is 9.47 Å². The van der Waals surface area contributed by atoms with Crippen LogP contribution in [0.25, 0.3) is 0 Å². The van der Waals surface area contributed by atoms with E-state index in [0.29, 0.717) is 12.0 Å². The van der Waals surface area contributed by atoms with E-state index < -0.39 is 0 Å². The molecule has 1 aromatic rings. The maximum Gasteiger partial charge on any atom is 0.0721 e. The Morgan fingerprint density at radius 1 is 1.39 bits per heavy atom. The molecule has 1 N–H and O–H groups in total. The minimum atomic E-state index is 0.303. The first kappa shape index (κ1) is 13.5. The molecule has 1 atom stereocenters. The summed E-state index contributed by atoms with van der Waals surface area (Å²) in [5, 5.41) is 3.50. The van der Waals surface area contributed by atoms with Crippen LogP contribution in [-0.4, -0.2) is 26.4 Å². The average Bonchev–Trinajstić information content (AvgIpc) is 2.38. The quantitative estimate of drug-likeness (QED) is 0.786. The van der Waals surface area contributed by atoms with Crippen molar-refractivity contribution in [2.45, 2.75) is 26.5 Å². The molecule has 0 amide bonds. The summed E-state index contributed by atoms with van der Waals surface area (Å²) in [4.78, 5) is 0. The van der Waals surface area contributed by atoms with Crippen LogP contribution in [0.5, 0.6) is 0 Å². The minimum Gasteiger partial charge on any atom is -0.380 e. The molecule has 1 unspecified atom stereocenters. The second kappa shape index (κ2) is 6.88. The first-order valence-corrected chi connectivity index (χ1v) is 6.74. The lowest BCUT2D eigenvalue weighted by Gasteiger charge is -2.26. The highest BCUT2D eigenvalue weighted by Gasteiger charge is 2.19. The first-order valence-electron chi connectivity index (χ1n) is 6.74. The lowest BCUT2D eigenvalue weighted by atomic mass is 9.99. The van der Waals surface area contributed by atoms with E-state index in [1.165, 1.54) is 11.1 Å². The van der Waals surface area contributed by atoms with E-state index in [9.17, 15) is 0 Å². The normalized spacial score (nSPS) is 18.9. The maximum atomic E-state index is 5.60. The van der Waals surface area contributed by atoms with Gasteiger partial charge in [-0.3, -0.25) is 0 Å². The molecule has 0 saturated carbocycles. The number of hydrogen-bond acceptors (Lipinski definition) is 3. The minimum absolute atomic E-state index is 0.303. The van der Waals surface area contributed by atoms with E-state index in [1.54, 1.807) is 0 Å². The molecule has 100 valence electrons. The zero-order valence-corrected chi connectivity index (χ0v) is 11.3. The smallest absolute Gasteiger partial charge is 0.0721 e. The van der Waals surface area contributed by atoms with E-state index >= 15 is 0 Å². The van der Waals surface area contributed by atoms with Crippen LogP contribution < -0.4 is 5.32 Å². The van der Waals surface area contributed by atoms with Crippen LogP contribution in [0.2, 0.25) is 0 Å². The largest absolute Gasteiger partial charge is 0.380 e. The second-order valence-electron chi connectivity index (χ2n) is 5.19. The van der Waals surface area contributed by atoms with Crippen molar-refractivity contribution in [3.05, 3.63) is 35.4 Å². The first-order chi connectivity index (χ1) is 8.77. The summed E-state index contributed by atoms with van der Waals surface area (Å²) in [5.74, 6) is 0.601. The van der Waals surface area contributed by atoms with Crippen LogP contribution in [-0.2, 0) is 16.1 Å². The summed E-state index contributed by atoms with van der Waals surface area (Å²) < 4.78 is 11.2. The zero-order valence-electron chi connectivity index (χ0n) is 11.3. The molecule has 1 aromatic carbocycles. The second-order valence-corrected chi connectivity index (χ2v) is 5.19. The Labute approximate surface area is 109 Å². The highest BCUT2D eigenvalue weighted by molar-refractivity contribution is 5.30. The Morgan fingerprint density at radius 3 is 3.06 bits per heavy atom. The van der Waals surface area contributed by atoms with Gasteiger partial charge in [0, 0.05) is 13.2 Å². The molecule has 18 heavy (non-hydrogen) atoms. The highest BCUT2D eigenvalue weighted by atomic mass is 16.5. The van der Waals surface area contributed by atoms with Gasteiger partial charge in [-0.1, -0.05) is 38.1 Å². The molecule has 0 bridgehead atoms. The Kier molecular flexibility index (Phi) is 5.17. The van der Waals surface area contributed by atoms with Gasteiger partial charge in [-0.15, -0.1) is 0 Å². The molecule has 1 aliphatic heterocycles. The van der Waals surface area contributed by atoms with Crippen molar-refractivity contribution >= 4 is 0 Å². The lowest BCUT2D eigenvalue weighted by molar-refractivity contribution is 0.0729. The molecule has 0 radical (unpaired) electrons. The van der Waals surface area contributed by atoms with Gasteiger partial charge in [0.1, 0.15) is 0 Å². The van der Waals surface area contributed by atoms with Crippen LogP contribution in [0.4, 0.5) is 0 Å². The Bertz CT molecular complexity index is 365. The van der Waals surface area contributed by atoms with Crippen LogP contribution >= 0.6 is 0 Å². The van der Waals surface area contributed by atoms with Gasteiger partial charge in [-0.05, 0) is 17.0 Å². The SMILES string of the molecule is CC(C)COCCNC1COCc2ccccc21. The molecular formula is C15H23NO2. The maximum absolute atomic E-state index is 5.60. The Morgan fingerprint density at radius 2 is 2.22 bits per heavy atom. The van der Waals surface area contributed by atoms with Crippen LogP contribution in [0.3, 0.4) is 0 Å². The predicted octanol–water partition coefficient (Wildman–Crippen LogP) is 2.52. The van der Waals surface area contributed by atoms with Crippen molar-refractivity contribution in [3.63, 3.8) is 0 Å². The summed E-state index contributed by atoms with van der Waals surface area (Å²) in [6.45, 7) is 8.28. The van der Waals surface area contributed by atoms with Gasteiger partial charge in [0.25, 0.3) is 0 Å². The molecule has 0 spiro atoms. The van der Waals surface area contributed by atoms with E-state index in [-0.39, 0.29) is 0 Å². The van der Waals surface area contributed by atoms with Crippen molar-refractivity contribution in [2.24, 2.45) is 5.92 Å². The monoisotopic (exact) mass is 249 g/mol. The van der Waals surface area contributed by atoms with Gasteiger partial charge in [0.15, 0.2) is 0 Å². The van der Waals surface area contributed by atoms with Crippen molar-refractivity contribution in [1.82, 2.24) is 5.32 Å². The fourth-order valence-corrected chi connectivity index (χ4v) is 2.18. The van der Waals surface area contributed by atoms with Crippen molar-refractivity contribution < 1.29 is 9.47 Å². The third-order valence-electron chi connectivity index (χ3n) is 3.06. The standard InChI is InChI=1S/C15H23NO2/c1-12(2)9-17-8-7-16-15-11-18-10-13-5-3-4-6-14(13)15/h3-6,12,15-16H,7-11H2,1-2H3. The zero-order chi connectivity index (χ0) is 12.8. The van der Waals surface area contributed by atoms with Gasteiger partial charge in [0.2, 0.25) is 0 Å². The molecule has 0 aliphatic carbocycles. The Hall–Kier alpha value is -0.900. The van der Waals surface area contributed by atoms with Crippen LogP contribution in [0.15, 0.2) is 24.3 Å². The molecule has 3 heteroatoms. The molecule has 3 nitrogen and oxygen atoms in total. The number of fused-ring (bicyclic) bond motifs is 1. The fraction of sp³-hybridized carbons (Fsp3) is 0.600. The summed E-state index contributed by atoms with van der Waals surface area (Å²) in [6.07, 6.45) is 0. The summed E-state index contributed by atoms with van der Waals surface area (Å²) >= 11 is 0. The third kappa shape index (κ3) is 3.80.